The smallest absolute Gasteiger partial charge is 0.207 e. The highest BCUT2D eigenvalue weighted by molar-refractivity contribution is 7.13. The molecule has 0 atom stereocenters. The summed E-state index contributed by atoms with van der Waals surface area (Å²) in [4.78, 5) is 15.7. The summed E-state index contributed by atoms with van der Waals surface area (Å²) in [5, 5.41) is 10.5. The summed E-state index contributed by atoms with van der Waals surface area (Å²) in [6.07, 6.45) is 11.8. The zero-order valence-corrected chi connectivity index (χ0v) is 19.7. The average molecular weight is 448 g/mol. The van der Waals surface area contributed by atoms with Gasteiger partial charge in [0.1, 0.15) is 0 Å². The standard InChI is InChI=1S/C14H17N3OS.C6H8OS.C3H8/c1-3-5-13(10-15-11-18)7-4-6-12(2)17-14-16-8-9-19-14;1-7-5-6-3-2-4-8-6;1-3-2/h3-5,7-9,11H,1-2,6,10H2,(H,15,18)(H,16,17);2-4H,5H2,1H3;3H2,1-2H3/b7-4-,13-5+;;. The number of allylic oxidation sites excluding steroid dienone is 3. The van der Waals surface area contributed by atoms with Crippen LogP contribution in [0.4, 0.5) is 5.13 Å². The Morgan fingerprint density at radius 1 is 1.30 bits per heavy atom. The van der Waals surface area contributed by atoms with Gasteiger partial charge in [-0.25, -0.2) is 4.98 Å². The first kappa shape index (κ1) is 27.5. The fourth-order valence-electron chi connectivity index (χ4n) is 1.86. The molecule has 0 bridgehead atoms. The highest BCUT2D eigenvalue weighted by atomic mass is 32.1. The summed E-state index contributed by atoms with van der Waals surface area (Å²) < 4.78 is 4.90. The predicted molar refractivity (Wildman–Crippen MR) is 132 cm³/mol. The molecule has 2 heterocycles. The lowest BCUT2D eigenvalue weighted by molar-refractivity contribution is -0.109. The van der Waals surface area contributed by atoms with Crippen molar-refractivity contribution in [1.29, 1.82) is 0 Å². The van der Waals surface area contributed by atoms with Crippen molar-refractivity contribution in [3.05, 3.63) is 82.7 Å². The number of hydrogen-bond acceptors (Lipinski definition) is 6. The molecule has 164 valence electrons. The normalized spacial score (nSPS) is 10.3. The fraction of sp³-hybridized carbons (Fsp3) is 0.304. The van der Waals surface area contributed by atoms with Crippen molar-refractivity contribution in [3.63, 3.8) is 0 Å². The number of carbonyl (C=O) groups excluding carboxylic acids is 1. The number of hydrogen-bond donors (Lipinski definition) is 2. The van der Waals surface area contributed by atoms with Gasteiger partial charge < -0.3 is 15.4 Å². The molecule has 0 aliphatic rings. The molecule has 7 heteroatoms. The summed E-state index contributed by atoms with van der Waals surface area (Å²) in [7, 11) is 1.71. The average Bonchev–Trinajstić information content (AvgIpc) is 3.42. The van der Waals surface area contributed by atoms with Gasteiger partial charge in [0.2, 0.25) is 6.41 Å². The molecule has 0 saturated carbocycles. The van der Waals surface area contributed by atoms with Crippen molar-refractivity contribution in [2.24, 2.45) is 0 Å². The van der Waals surface area contributed by atoms with Gasteiger partial charge in [-0.3, -0.25) is 4.79 Å². The van der Waals surface area contributed by atoms with E-state index in [1.54, 1.807) is 30.7 Å². The fourth-order valence-corrected chi connectivity index (χ4v) is 3.11. The summed E-state index contributed by atoms with van der Waals surface area (Å²) >= 11 is 3.25. The Bertz CT molecular complexity index is 737. The van der Waals surface area contributed by atoms with E-state index in [1.807, 2.05) is 35.1 Å². The first-order valence-electron chi connectivity index (χ1n) is 9.61. The topological polar surface area (TPSA) is 63.2 Å². The molecule has 0 aliphatic heterocycles. The minimum Gasteiger partial charge on any atom is -0.379 e. The first-order chi connectivity index (χ1) is 14.6. The zero-order valence-electron chi connectivity index (χ0n) is 18.1. The van der Waals surface area contributed by atoms with Gasteiger partial charge >= 0.3 is 0 Å². The van der Waals surface area contributed by atoms with Gasteiger partial charge in [0.05, 0.1) is 6.61 Å². The lowest BCUT2D eigenvalue weighted by atomic mass is 10.2. The maximum Gasteiger partial charge on any atom is 0.207 e. The summed E-state index contributed by atoms with van der Waals surface area (Å²) in [6.45, 7) is 13.0. The Balaban J connectivity index is 0.000000628. The molecular formula is C23H33N3O2S2. The van der Waals surface area contributed by atoms with Crippen LogP contribution in [-0.2, 0) is 16.1 Å². The molecule has 0 unspecified atom stereocenters. The number of aromatic nitrogens is 1. The highest BCUT2D eigenvalue weighted by Crippen LogP contribution is 2.14. The van der Waals surface area contributed by atoms with Crippen LogP contribution in [0.25, 0.3) is 0 Å². The number of thiophene rings is 1. The van der Waals surface area contributed by atoms with Crippen molar-refractivity contribution in [3.8, 4) is 0 Å². The number of nitrogens with one attached hydrogen (secondary N) is 2. The SMILES string of the molecule is C=C/C=C(\C=C/CC(=C)Nc1nccs1)CNC=O.CCC.COCc1cccs1. The lowest BCUT2D eigenvalue weighted by Crippen LogP contribution is -2.13. The largest absolute Gasteiger partial charge is 0.379 e. The second kappa shape index (κ2) is 19.8. The molecular weight excluding hydrogens is 414 g/mol. The molecule has 1 amide bonds. The number of amides is 1. The molecule has 30 heavy (non-hydrogen) atoms. The van der Waals surface area contributed by atoms with E-state index in [9.17, 15) is 4.79 Å². The molecule has 0 spiro atoms. The number of carbonyl (C=O) groups is 1. The molecule has 2 aromatic heterocycles. The second-order valence-electron chi connectivity index (χ2n) is 5.87. The molecule has 2 rings (SSSR count). The Labute approximate surface area is 188 Å². The van der Waals surface area contributed by atoms with E-state index in [0.717, 1.165) is 23.0 Å². The van der Waals surface area contributed by atoms with Gasteiger partial charge in [-0.2, -0.15) is 0 Å². The molecule has 0 aromatic carbocycles. The van der Waals surface area contributed by atoms with Gasteiger partial charge in [0.15, 0.2) is 5.13 Å². The Kier molecular flexibility index (Phi) is 18.2. The predicted octanol–water partition coefficient (Wildman–Crippen LogP) is 6.18. The van der Waals surface area contributed by atoms with Gasteiger partial charge in [0.25, 0.3) is 0 Å². The maximum atomic E-state index is 10.3. The number of anilines is 1. The molecule has 2 N–H and O–H groups in total. The van der Waals surface area contributed by atoms with Crippen LogP contribution in [0, 0.1) is 0 Å². The van der Waals surface area contributed by atoms with Crippen LogP contribution in [0.15, 0.2) is 77.8 Å². The minimum absolute atomic E-state index is 0.485. The summed E-state index contributed by atoms with van der Waals surface area (Å²) in [5.41, 5.74) is 1.84. The molecule has 2 aromatic rings. The van der Waals surface area contributed by atoms with Crippen LogP contribution in [0.3, 0.4) is 0 Å². The van der Waals surface area contributed by atoms with Crippen LogP contribution in [0.5, 0.6) is 0 Å². The van der Waals surface area contributed by atoms with E-state index >= 15 is 0 Å². The number of ether oxygens (including phenoxy) is 1. The molecule has 0 radical (unpaired) electrons. The first-order valence-corrected chi connectivity index (χ1v) is 11.4. The number of methoxy groups -OCH3 is 1. The Hall–Kier alpha value is -2.48. The molecule has 5 nitrogen and oxygen atoms in total. The third-order valence-corrected chi connectivity index (χ3v) is 4.54. The van der Waals surface area contributed by atoms with E-state index < -0.39 is 0 Å². The van der Waals surface area contributed by atoms with Gasteiger partial charge in [-0.1, -0.05) is 63.8 Å². The van der Waals surface area contributed by atoms with Crippen LogP contribution in [0.2, 0.25) is 0 Å². The van der Waals surface area contributed by atoms with E-state index in [4.69, 9.17) is 4.74 Å². The monoisotopic (exact) mass is 447 g/mol. The van der Waals surface area contributed by atoms with Crippen molar-refractivity contribution in [2.45, 2.75) is 33.3 Å². The van der Waals surface area contributed by atoms with E-state index in [2.05, 4.69) is 48.7 Å². The minimum atomic E-state index is 0.485. The van der Waals surface area contributed by atoms with Crippen LogP contribution in [-0.4, -0.2) is 25.0 Å². The van der Waals surface area contributed by atoms with Gasteiger partial charge in [-0.05, 0) is 17.0 Å². The Morgan fingerprint density at radius 2 is 2.07 bits per heavy atom. The van der Waals surface area contributed by atoms with Crippen molar-refractivity contribution >= 4 is 34.2 Å². The quantitative estimate of drug-likeness (QED) is 0.319. The van der Waals surface area contributed by atoms with Crippen LogP contribution < -0.4 is 10.6 Å². The number of rotatable bonds is 11. The highest BCUT2D eigenvalue weighted by Gasteiger charge is 1.96. The molecule has 0 fully saturated rings. The lowest BCUT2D eigenvalue weighted by Gasteiger charge is -2.03. The van der Waals surface area contributed by atoms with E-state index in [0.29, 0.717) is 19.4 Å². The van der Waals surface area contributed by atoms with Crippen molar-refractivity contribution in [1.82, 2.24) is 10.3 Å². The number of thiazole rings is 1. The van der Waals surface area contributed by atoms with E-state index in [-0.39, 0.29) is 0 Å². The zero-order chi connectivity index (χ0) is 22.5. The van der Waals surface area contributed by atoms with Gasteiger partial charge in [-0.15, -0.1) is 22.7 Å². The maximum absolute atomic E-state index is 10.3. The van der Waals surface area contributed by atoms with Gasteiger partial charge in [0, 0.05) is 42.2 Å². The Morgan fingerprint density at radius 3 is 2.60 bits per heavy atom. The van der Waals surface area contributed by atoms with Crippen molar-refractivity contribution < 1.29 is 9.53 Å². The van der Waals surface area contributed by atoms with Crippen LogP contribution in [0.1, 0.15) is 31.6 Å². The third kappa shape index (κ3) is 15.4. The summed E-state index contributed by atoms with van der Waals surface area (Å²) in [6, 6.07) is 4.09. The third-order valence-electron chi connectivity index (χ3n) is 3.00. The van der Waals surface area contributed by atoms with E-state index in [1.165, 1.54) is 22.6 Å². The summed E-state index contributed by atoms with van der Waals surface area (Å²) in [5.74, 6) is 0. The molecule has 0 aliphatic carbocycles. The second-order valence-corrected chi connectivity index (χ2v) is 7.79. The van der Waals surface area contributed by atoms with Crippen molar-refractivity contribution in [2.75, 3.05) is 19.0 Å². The number of nitrogens with zero attached hydrogens (tertiary/aromatic N) is 1. The van der Waals surface area contributed by atoms with Crippen LogP contribution >= 0.6 is 22.7 Å². The molecule has 0 saturated heterocycles.